The molecule has 2 amide bonds. The Hall–Kier alpha value is -3.69. The molecule has 0 aromatic heterocycles. The third-order valence-electron chi connectivity index (χ3n) is 5.87. The highest BCUT2D eigenvalue weighted by Gasteiger charge is 2.36. The maximum atomic E-state index is 13.3. The fourth-order valence-corrected chi connectivity index (χ4v) is 5.23. The number of thioether (sulfide) groups is 1. The van der Waals surface area contributed by atoms with Gasteiger partial charge in [-0.15, -0.1) is 0 Å². The first-order valence-electron chi connectivity index (χ1n) is 11.9. The van der Waals surface area contributed by atoms with E-state index in [-0.39, 0.29) is 18.2 Å². The van der Waals surface area contributed by atoms with Crippen LogP contribution in [0.3, 0.4) is 0 Å². The minimum absolute atomic E-state index is 0.0426. The number of benzene rings is 3. The van der Waals surface area contributed by atoms with Gasteiger partial charge in [-0.05, 0) is 54.4 Å². The van der Waals surface area contributed by atoms with Crippen molar-refractivity contribution in [3.05, 3.63) is 77.3 Å². The Morgan fingerprint density at radius 3 is 2.55 bits per heavy atom. The van der Waals surface area contributed by atoms with E-state index in [1.807, 2.05) is 18.2 Å². The van der Waals surface area contributed by atoms with Crippen LogP contribution in [-0.4, -0.2) is 55.0 Å². The van der Waals surface area contributed by atoms with E-state index in [2.05, 4.69) is 5.32 Å². The molecule has 0 bridgehead atoms. The van der Waals surface area contributed by atoms with Crippen LogP contribution in [0.25, 0.3) is 0 Å². The molecule has 3 aromatic rings. The van der Waals surface area contributed by atoms with E-state index in [0.29, 0.717) is 51.8 Å². The number of hydrogen-bond acceptors (Lipinski definition) is 7. The van der Waals surface area contributed by atoms with Gasteiger partial charge in [-0.1, -0.05) is 41.6 Å². The summed E-state index contributed by atoms with van der Waals surface area (Å²) >= 11 is 7.42. The van der Waals surface area contributed by atoms with Crippen molar-refractivity contribution in [2.75, 3.05) is 33.2 Å². The van der Waals surface area contributed by atoms with Crippen molar-refractivity contribution in [2.24, 2.45) is 4.99 Å². The molecule has 0 aliphatic carbocycles. The Bertz CT molecular complexity index is 1350. The van der Waals surface area contributed by atoms with Gasteiger partial charge in [0.2, 0.25) is 11.8 Å². The summed E-state index contributed by atoms with van der Waals surface area (Å²) in [5.41, 5.74) is 2.16. The standard InChI is InChI=1S/C28H28ClN3O5S/c1-35-22-9-5-8-21(16-22)30-27(34)25-17-26(33)32(28(38-25)31-20-7-4-6-19(29)15-20)13-12-18-10-11-23(36-2)24(14-18)37-3/h4-11,14-16,25H,12-13,17H2,1-3H3,(H,30,34). The van der Waals surface area contributed by atoms with Crippen molar-refractivity contribution in [2.45, 2.75) is 18.1 Å². The van der Waals surface area contributed by atoms with Crippen LogP contribution < -0.4 is 19.5 Å². The number of ether oxygens (including phenoxy) is 3. The molecule has 1 saturated heterocycles. The summed E-state index contributed by atoms with van der Waals surface area (Å²) in [6, 6.07) is 19.8. The maximum Gasteiger partial charge on any atom is 0.238 e. The first kappa shape index (κ1) is 27.3. The molecule has 4 rings (SSSR count). The van der Waals surface area contributed by atoms with E-state index < -0.39 is 5.25 Å². The van der Waals surface area contributed by atoms with Gasteiger partial charge in [0.15, 0.2) is 16.7 Å². The van der Waals surface area contributed by atoms with E-state index in [1.54, 1.807) is 74.8 Å². The van der Waals surface area contributed by atoms with Crippen molar-refractivity contribution in [1.29, 1.82) is 0 Å². The molecule has 8 nitrogen and oxygen atoms in total. The topological polar surface area (TPSA) is 89.5 Å². The molecule has 1 aliphatic rings. The molecule has 0 radical (unpaired) electrons. The number of amides is 2. The molecule has 1 heterocycles. The minimum atomic E-state index is -0.649. The molecule has 1 aliphatic heterocycles. The molecule has 1 atom stereocenters. The summed E-state index contributed by atoms with van der Waals surface area (Å²) in [6.07, 6.45) is 0.600. The van der Waals surface area contributed by atoms with Gasteiger partial charge < -0.3 is 19.5 Å². The van der Waals surface area contributed by atoms with Crippen molar-refractivity contribution in [3.63, 3.8) is 0 Å². The molecule has 1 N–H and O–H groups in total. The van der Waals surface area contributed by atoms with E-state index in [4.69, 9.17) is 30.8 Å². The van der Waals surface area contributed by atoms with Crippen LogP contribution in [0.5, 0.6) is 17.2 Å². The number of hydrogen-bond donors (Lipinski definition) is 1. The second-order valence-electron chi connectivity index (χ2n) is 8.39. The maximum absolute atomic E-state index is 13.3. The highest BCUT2D eigenvalue weighted by atomic mass is 35.5. The molecule has 0 spiro atoms. The zero-order valence-corrected chi connectivity index (χ0v) is 22.8. The summed E-state index contributed by atoms with van der Waals surface area (Å²) in [5.74, 6) is 1.41. The lowest BCUT2D eigenvalue weighted by atomic mass is 10.1. The van der Waals surface area contributed by atoms with E-state index in [1.165, 1.54) is 11.8 Å². The third kappa shape index (κ3) is 6.79. The van der Waals surface area contributed by atoms with Gasteiger partial charge in [0.25, 0.3) is 0 Å². The largest absolute Gasteiger partial charge is 0.497 e. The molecule has 1 fully saturated rings. The molecule has 1 unspecified atom stereocenters. The van der Waals surface area contributed by atoms with Crippen LogP contribution in [0.2, 0.25) is 5.02 Å². The minimum Gasteiger partial charge on any atom is -0.497 e. The monoisotopic (exact) mass is 553 g/mol. The van der Waals surface area contributed by atoms with Crippen molar-refractivity contribution < 1.29 is 23.8 Å². The average molecular weight is 554 g/mol. The molecule has 0 saturated carbocycles. The predicted octanol–water partition coefficient (Wildman–Crippen LogP) is 5.57. The van der Waals surface area contributed by atoms with Gasteiger partial charge in [-0.3, -0.25) is 14.5 Å². The van der Waals surface area contributed by atoms with Gasteiger partial charge in [0.1, 0.15) is 11.0 Å². The summed E-state index contributed by atoms with van der Waals surface area (Å²) in [7, 11) is 4.73. The van der Waals surface area contributed by atoms with Crippen molar-refractivity contribution >= 4 is 51.7 Å². The van der Waals surface area contributed by atoms with Crippen LogP contribution in [0.4, 0.5) is 11.4 Å². The van der Waals surface area contributed by atoms with Crippen molar-refractivity contribution in [3.8, 4) is 17.2 Å². The molecule has 38 heavy (non-hydrogen) atoms. The summed E-state index contributed by atoms with van der Waals surface area (Å²) in [6.45, 7) is 0.380. The summed E-state index contributed by atoms with van der Waals surface area (Å²) in [4.78, 5) is 32.8. The van der Waals surface area contributed by atoms with Crippen LogP contribution in [0.1, 0.15) is 12.0 Å². The third-order valence-corrected chi connectivity index (χ3v) is 7.30. The quantitative estimate of drug-likeness (QED) is 0.373. The Labute approximate surface area is 230 Å². The number of carbonyl (C=O) groups is 2. The van der Waals surface area contributed by atoms with Gasteiger partial charge in [-0.2, -0.15) is 0 Å². The Morgan fingerprint density at radius 2 is 1.82 bits per heavy atom. The number of nitrogens with zero attached hydrogens (tertiary/aromatic N) is 2. The van der Waals surface area contributed by atoms with E-state index in [9.17, 15) is 9.59 Å². The summed E-state index contributed by atoms with van der Waals surface area (Å²) in [5, 5.41) is 3.21. The Balaban J connectivity index is 1.55. The lowest BCUT2D eigenvalue weighted by Crippen LogP contribution is -2.46. The van der Waals surface area contributed by atoms with E-state index in [0.717, 1.165) is 5.56 Å². The van der Waals surface area contributed by atoms with Gasteiger partial charge >= 0.3 is 0 Å². The SMILES string of the molecule is COc1cccc(NC(=O)C2CC(=O)N(CCc3ccc(OC)c(OC)c3)C(=Nc3cccc(Cl)c3)S2)c1. The smallest absolute Gasteiger partial charge is 0.238 e. The van der Waals surface area contributed by atoms with Crippen LogP contribution in [-0.2, 0) is 16.0 Å². The van der Waals surface area contributed by atoms with Gasteiger partial charge in [-0.25, -0.2) is 4.99 Å². The predicted molar refractivity (Wildman–Crippen MR) is 151 cm³/mol. The summed E-state index contributed by atoms with van der Waals surface area (Å²) < 4.78 is 16.0. The molecule has 3 aromatic carbocycles. The number of methoxy groups -OCH3 is 3. The number of rotatable bonds is 9. The average Bonchev–Trinajstić information content (AvgIpc) is 2.92. The fraction of sp³-hybridized carbons (Fsp3) is 0.250. The second kappa shape index (κ2) is 12.7. The van der Waals surface area contributed by atoms with Crippen LogP contribution in [0, 0.1) is 0 Å². The normalized spacial score (nSPS) is 16.3. The fourth-order valence-electron chi connectivity index (χ4n) is 3.92. The molecule has 10 heteroatoms. The van der Waals surface area contributed by atoms with Gasteiger partial charge in [0.05, 0.1) is 27.0 Å². The Morgan fingerprint density at radius 1 is 1.03 bits per heavy atom. The zero-order chi connectivity index (χ0) is 27.1. The number of halogens is 1. The number of aliphatic imine (C=N–C) groups is 1. The lowest BCUT2D eigenvalue weighted by molar-refractivity contribution is -0.129. The Kier molecular flexibility index (Phi) is 9.15. The molecule has 198 valence electrons. The van der Waals surface area contributed by atoms with Gasteiger partial charge in [0, 0.05) is 29.7 Å². The van der Waals surface area contributed by atoms with Crippen LogP contribution >= 0.6 is 23.4 Å². The number of nitrogens with one attached hydrogen (secondary N) is 1. The lowest BCUT2D eigenvalue weighted by Gasteiger charge is -2.32. The number of amidine groups is 1. The number of carbonyl (C=O) groups excluding carboxylic acids is 2. The highest BCUT2D eigenvalue weighted by molar-refractivity contribution is 8.15. The molecular weight excluding hydrogens is 526 g/mol. The second-order valence-corrected chi connectivity index (χ2v) is 10.00. The van der Waals surface area contributed by atoms with Crippen molar-refractivity contribution in [1.82, 2.24) is 4.90 Å². The highest BCUT2D eigenvalue weighted by Crippen LogP contribution is 2.32. The zero-order valence-electron chi connectivity index (χ0n) is 21.3. The number of anilines is 1. The first-order valence-corrected chi connectivity index (χ1v) is 13.1. The van der Waals surface area contributed by atoms with E-state index >= 15 is 0 Å². The molecular formula is C28H28ClN3O5S. The van der Waals surface area contributed by atoms with Crippen LogP contribution in [0.15, 0.2) is 71.7 Å². The first-order chi connectivity index (χ1) is 18.4.